The van der Waals surface area contributed by atoms with E-state index in [1.165, 1.54) is 18.2 Å². The van der Waals surface area contributed by atoms with Crippen LogP contribution in [0.5, 0.6) is 0 Å². The Morgan fingerprint density at radius 1 is 1.07 bits per heavy atom. The minimum absolute atomic E-state index is 0.0647. The summed E-state index contributed by atoms with van der Waals surface area (Å²) in [5.41, 5.74) is 0.739. The lowest BCUT2D eigenvalue weighted by Crippen LogP contribution is -2.33. The zero-order chi connectivity index (χ0) is 22.0. The molecule has 3 rings (SSSR count). The number of nitrogens with one attached hydrogen (secondary N) is 1. The first-order chi connectivity index (χ1) is 14.2. The second-order valence-corrected chi connectivity index (χ2v) is 7.89. The fraction of sp³-hybridized carbons (Fsp3) is 0.238. The number of anilines is 1. The number of amides is 3. The van der Waals surface area contributed by atoms with Crippen LogP contribution in [-0.4, -0.2) is 41.7 Å². The average Bonchev–Trinajstić information content (AvgIpc) is 2.93. The Balaban J connectivity index is 1.65. The molecule has 0 atom stereocenters. The molecule has 2 aromatic rings. The second-order valence-electron chi connectivity index (χ2n) is 7.10. The lowest BCUT2D eigenvalue weighted by atomic mass is 10.1. The summed E-state index contributed by atoms with van der Waals surface area (Å²) in [6, 6.07) is 8.85. The highest BCUT2D eigenvalue weighted by Gasteiger charge is 2.36. The minimum Gasteiger partial charge on any atom is -0.452 e. The summed E-state index contributed by atoms with van der Waals surface area (Å²) in [7, 11) is 0. The predicted octanol–water partition coefficient (Wildman–Crippen LogP) is 4.04. The minimum atomic E-state index is -0.798. The smallest absolute Gasteiger partial charge is 0.338 e. The highest BCUT2D eigenvalue weighted by molar-refractivity contribution is 6.44. The maximum absolute atomic E-state index is 12.5. The van der Waals surface area contributed by atoms with Crippen molar-refractivity contribution in [3.05, 3.63) is 63.1 Å². The molecule has 1 N–H and O–H groups in total. The second kappa shape index (κ2) is 8.85. The molecule has 2 aromatic carbocycles. The van der Waals surface area contributed by atoms with Crippen molar-refractivity contribution < 1.29 is 23.9 Å². The van der Waals surface area contributed by atoms with Gasteiger partial charge in [-0.2, -0.15) is 0 Å². The molecule has 1 aliphatic rings. The van der Waals surface area contributed by atoms with Crippen LogP contribution in [-0.2, 0) is 9.53 Å². The number of hydrogen-bond donors (Lipinski definition) is 1. The molecule has 1 heterocycles. The highest BCUT2D eigenvalue weighted by Crippen LogP contribution is 2.29. The van der Waals surface area contributed by atoms with Crippen LogP contribution < -0.4 is 5.32 Å². The molecule has 0 saturated carbocycles. The van der Waals surface area contributed by atoms with E-state index in [4.69, 9.17) is 27.9 Å². The summed E-state index contributed by atoms with van der Waals surface area (Å²) < 4.78 is 5.01. The van der Waals surface area contributed by atoms with Gasteiger partial charge in [-0.3, -0.25) is 19.3 Å². The first-order valence-electron chi connectivity index (χ1n) is 9.10. The van der Waals surface area contributed by atoms with E-state index >= 15 is 0 Å². The van der Waals surface area contributed by atoms with E-state index in [1.807, 2.05) is 13.8 Å². The van der Waals surface area contributed by atoms with Crippen LogP contribution in [0.15, 0.2) is 36.4 Å². The van der Waals surface area contributed by atoms with E-state index in [9.17, 15) is 19.2 Å². The van der Waals surface area contributed by atoms with Crippen molar-refractivity contribution in [2.75, 3.05) is 18.5 Å². The topological polar surface area (TPSA) is 92.8 Å². The van der Waals surface area contributed by atoms with Gasteiger partial charge in [0.15, 0.2) is 6.61 Å². The lowest BCUT2D eigenvalue weighted by molar-refractivity contribution is -0.119. The monoisotopic (exact) mass is 448 g/mol. The normalized spacial score (nSPS) is 12.9. The molecule has 7 nitrogen and oxygen atoms in total. The molecule has 156 valence electrons. The number of imide groups is 1. The third kappa shape index (κ3) is 4.47. The number of nitrogens with zero attached hydrogens (tertiary/aromatic N) is 1. The number of halogens is 2. The van der Waals surface area contributed by atoms with Gasteiger partial charge >= 0.3 is 5.97 Å². The van der Waals surface area contributed by atoms with Gasteiger partial charge in [-0.1, -0.05) is 43.1 Å². The van der Waals surface area contributed by atoms with E-state index in [2.05, 4.69) is 5.32 Å². The molecule has 0 aromatic heterocycles. The summed E-state index contributed by atoms with van der Waals surface area (Å²) >= 11 is 11.9. The van der Waals surface area contributed by atoms with Crippen molar-refractivity contribution in [2.24, 2.45) is 5.92 Å². The Morgan fingerprint density at radius 3 is 2.47 bits per heavy atom. The lowest BCUT2D eigenvalue weighted by Gasteiger charge is -2.15. The van der Waals surface area contributed by atoms with Crippen LogP contribution in [0, 0.1) is 5.92 Å². The molecule has 0 fully saturated rings. The SMILES string of the molecule is CC(C)CN1C(=O)c2ccc(C(=O)OCC(=O)Nc3cccc(Cl)c3Cl)cc2C1=O. The van der Waals surface area contributed by atoms with E-state index in [0.29, 0.717) is 6.54 Å². The van der Waals surface area contributed by atoms with Crippen LogP contribution in [0.1, 0.15) is 44.9 Å². The number of rotatable bonds is 6. The van der Waals surface area contributed by atoms with Crippen LogP contribution in [0.2, 0.25) is 10.0 Å². The number of ether oxygens (including phenoxy) is 1. The third-order valence-corrected chi connectivity index (χ3v) is 5.13. The van der Waals surface area contributed by atoms with E-state index in [1.54, 1.807) is 18.2 Å². The number of hydrogen-bond acceptors (Lipinski definition) is 5. The van der Waals surface area contributed by atoms with Crippen LogP contribution in [0.25, 0.3) is 0 Å². The Hall–Kier alpha value is -2.90. The summed E-state index contributed by atoms with van der Waals surface area (Å²) in [5, 5.41) is 2.94. The quantitative estimate of drug-likeness (QED) is 0.531. The fourth-order valence-corrected chi connectivity index (χ4v) is 3.30. The van der Waals surface area contributed by atoms with Gasteiger partial charge in [0.05, 0.1) is 32.4 Å². The molecule has 3 amide bonds. The molecule has 0 bridgehead atoms. The van der Waals surface area contributed by atoms with Crippen molar-refractivity contribution in [1.29, 1.82) is 0 Å². The molecule has 0 saturated heterocycles. The Labute approximate surface area is 182 Å². The van der Waals surface area contributed by atoms with Gasteiger partial charge < -0.3 is 10.1 Å². The van der Waals surface area contributed by atoms with Crippen molar-refractivity contribution in [2.45, 2.75) is 13.8 Å². The van der Waals surface area contributed by atoms with Gasteiger partial charge in [-0.15, -0.1) is 0 Å². The molecule has 0 radical (unpaired) electrons. The van der Waals surface area contributed by atoms with Gasteiger partial charge in [0.25, 0.3) is 17.7 Å². The molecule has 9 heteroatoms. The molecular weight excluding hydrogens is 431 g/mol. The summed E-state index contributed by atoms with van der Waals surface area (Å²) in [5.74, 6) is -2.13. The van der Waals surface area contributed by atoms with Crippen molar-refractivity contribution in [1.82, 2.24) is 4.90 Å². The van der Waals surface area contributed by atoms with Crippen LogP contribution in [0.4, 0.5) is 5.69 Å². The first kappa shape index (κ1) is 21.8. The van der Waals surface area contributed by atoms with Gasteiger partial charge in [0, 0.05) is 6.54 Å². The third-order valence-electron chi connectivity index (χ3n) is 4.31. The zero-order valence-corrected chi connectivity index (χ0v) is 17.7. The highest BCUT2D eigenvalue weighted by atomic mass is 35.5. The van der Waals surface area contributed by atoms with Crippen LogP contribution >= 0.6 is 23.2 Å². The van der Waals surface area contributed by atoms with Gasteiger partial charge in [-0.05, 0) is 36.2 Å². The molecular formula is C21H18Cl2N2O5. The Morgan fingerprint density at radius 2 is 1.77 bits per heavy atom. The van der Waals surface area contributed by atoms with E-state index in [-0.39, 0.29) is 44.2 Å². The van der Waals surface area contributed by atoms with E-state index < -0.39 is 24.4 Å². The number of esters is 1. The number of benzene rings is 2. The van der Waals surface area contributed by atoms with Crippen molar-refractivity contribution in [3.8, 4) is 0 Å². The predicted molar refractivity (Wildman–Crippen MR) is 112 cm³/mol. The Kier molecular flexibility index (Phi) is 6.43. The van der Waals surface area contributed by atoms with Gasteiger partial charge in [0.1, 0.15) is 0 Å². The largest absolute Gasteiger partial charge is 0.452 e. The maximum atomic E-state index is 12.5. The summed E-state index contributed by atoms with van der Waals surface area (Å²) in [6.45, 7) is 3.52. The summed E-state index contributed by atoms with van der Waals surface area (Å²) in [4.78, 5) is 50.4. The van der Waals surface area contributed by atoms with Gasteiger partial charge in [0.2, 0.25) is 0 Å². The summed E-state index contributed by atoms with van der Waals surface area (Å²) in [6.07, 6.45) is 0. The number of fused-ring (bicyclic) bond motifs is 1. The average molecular weight is 449 g/mol. The zero-order valence-electron chi connectivity index (χ0n) is 16.2. The number of carbonyl (C=O) groups is 4. The molecule has 0 spiro atoms. The fourth-order valence-electron chi connectivity index (χ4n) is 2.95. The number of carbonyl (C=O) groups excluding carboxylic acids is 4. The standard InChI is InChI=1S/C21H18Cl2N2O5/c1-11(2)9-25-19(27)13-7-6-12(8-14(13)20(25)28)21(29)30-10-17(26)24-16-5-3-4-15(22)18(16)23/h3-8,11H,9-10H2,1-2H3,(H,24,26). The maximum Gasteiger partial charge on any atom is 0.338 e. The molecule has 0 aliphatic carbocycles. The molecule has 30 heavy (non-hydrogen) atoms. The Bertz CT molecular complexity index is 1050. The van der Waals surface area contributed by atoms with Crippen LogP contribution in [0.3, 0.4) is 0 Å². The first-order valence-corrected chi connectivity index (χ1v) is 9.86. The van der Waals surface area contributed by atoms with E-state index in [0.717, 1.165) is 4.90 Å². The molecule has 1 aliphatic heterocycles. The van der Waals surface area contributed by atoms with Gasteiger partial charge in [-0.25, -0.2) is 4.79 Å². The van der Waals surface area contributed by atoms with Crippen molar-refractivity contribution in [3.63, 3.8) is 0 Å². The van der Waals surface area contributed by atoms with Crippen molar-refractivity contribution >= 4 is 52.6 Å². The molecule has 0 unspecified atom stereocenters.